The van der Waals surface area contributed by atoms with Crippen molar-refractivity contribution in [2.75, 3.05) is 52.6 Å². The van der Waals surface area contributed by atoms with E-state index in [0.717, 1.165) is 68.6 Å². The standard InChI is InChI=1S/C31H37BrN2O6/c1-3-5-6-16-39-25-10-8-21(19-26(25)38-4-2)28-27-29(35)23-20-22(32)9-11-24(23)40-30(27)31(36)34(28)13-7-12-33-14-17-37-18-15-33/h8-11,19-20,28H,3-7,12-18H2,1-2H3. The molecule has 1 fully saturated rings. The maximum Gasteiger partial charge on any atom is 0.290 e. The summed E-state index contributed by atoms with van der Waals surface area (Å²) in [5.74, 6) is 1.13. The first kappa shape index (κ1) is 28.6. The van der Waals surface area contributed by atoms with Crippen molar-refractivity contribution in [2.24, 2.45) is 0 Å². The van der Waals surface area contributed by atoms with Crippen molar-refractivity contribution in [3.05, 3.63) is 68.0 Å². The van der Waals surface area contributed by atoms with Gasteiger partial charge in [-0.1, -0.05) is 41.8 Å². The Morgan fingerprint density at radius 3 is 2.55 bits per heavy atom. The number of ether oxygens (including phenoxy) is 3. The Morgan fingerprint density at radius 1 is 0.950 bits per heavy atom. The lowest BCUT2D eigenvalue weighted by Gasteiger charge is -2.29. The summed E-state index contributed by atoms with van der Waals surface area (Å²) in [6, 6.07) is 10.4. The molecule has 0 saturated carbocycles. The van der Waals surface area contributed by atoms with E-state index in [0.29, 0.717) is 47.8 Å². The number of nitrogens with zero attached hydrogens (tertiary/aromatic N) is 2. The molecule has 3 heterocycles. The lowest BCUT2D eigenvalue weighted by Crippen LogP contribution is -2.38. The van der Waals surface area contributed by atoms with Gasteiger partial charge in [0.1, 0.15) is 5.58 Å². The fraction of sp³-hybridized carbons (Fsp3) is 0.484. The second-order valence-electron chi connectivity index (χ2n) is 10.2. The van der Waals surface area contributed by atoms with Gasteiger partial charge < -0.3 is 23.5 Å². The molecule has 1 unspecified atom stereocenters. The van der Waals surface area contributed by atoms with E-state index in [1.54, 1.807) is 17.0 Å². The summed E-state index contributed by atoms with van der Waals surface area (Å²) < 4.78 is 24.4. The van der Waals surface area contributed by atoms with Gasteiger partial charge in [0.15, 0.2) is 16.9 Å². The third-order valence-electron chi connectivity index (χ3n) is 7.49. The van der Waals surface area contributed by atoms with Gasteiger partial charge in [0.25, 0.3) is 5.91 Å². The van der Waals surface area contributed by atoms with Gasteiger partial charge in [0, 0.05) is 30.7 Å². The molecule has 214 valence electrons. The van der Waals surface area contributed by atoms with Gasteiger partial charge in [-0.05, 0) is 55.7 Å². The average molecular weight is 614 g/mol. The van der Waals surface area contributed by atoms with E-state index in [9.17, 15) is 9.59 Å². The highest BCUT2D eigenvalue weighted by Crippen LogP contribution is 2.41. The minimum atomic E-state index is -0.583. The zero-order valence-corrected chi connectivity index (χ0v) is 24.8. The Morgan fingerprint density at radius 2 is 1.77 bits per heavy atom. The van der Waals surface area contributed by atoms with Crippen LogP contribution in [0.5, 0.6) is 11.5 Å². The number of halogens is 1. The lowest BCUT2D eigenvalue weighted by molar-refractivity contribution is 0.0353. The van der Waals surface area contributed by atoms with Gasteiger partial charge in [-0.25, -0.2) is 0 Å². The Labute approximate surface area is 243 Å². The van der Waals surface area contributed by atoms with Crippen molar-refractivity contribution in [1.29, 1.82) is 0 Å². The molecule has 8 nitrogen and oxygen atoms in total. The molecule has 40 heavy (non-hydrogen) atoms. The average Bonchev–Trinajstić information content (AvgIpc) is 3.24. The van der Waals surface area contributed by atoms with Gasteiger partial charge in [-0.2, -0.15) is 0 Å². The minimum Gasteiger partial charge on any atom is -0.490 e. The molecule has 1 saturated heterocycles. The molecule has 0 N–H and O–H groups in total. The molecular formula is C31H37BrN2O6. The van der Waals surface area contributed by atoms with Crippen LogP contribution in [0, 0.1) is 0 Å². The molecule has 0 bridgehead atoms. The second kappa shape index (κ2) is 13.2. The highest BCUT2D eigenvalue weighted by atomic mass is 79.9. The Bertz CT molecular complexity index is 1400. The summed E-state index contributed by atoms with van der Waals surface area (Å²) in [4.78, 5) is 31.8. The quantitative estimate of drug-likeness (QED) is 0.239. The van der Waals surface area contributed by atoms with Gasteiger partial charge in [0.2, 0.25) is 5.76 Å². The van der Waals surface area contributed by atoms with Crippen molar-refractivity contribution in [1.82, 2.24) is 9.80 Å². The molecule has 0 radical (unpaired) electrons. The smallest absolute Gasteiger partial charge is 0.290 e. The summed E-state index contributed by atoms with van der Waals surface area (Å²) >= 11 is 3.47. The van der Waals surface area contributed by atoms with Crippen LogP contribution in [-0.2, 0) is 4.74 Å². The molecule has 0 aliphatic carbocycles. The van der Waals surface area contributed by atoms with Crippen LogP contribution in [0.3, 0.4) is 0 Å². The third kappa shape index (κ3) is 6.06. The summed E-state index contributed by atoms with van der Waals surface area (Å²) in [6.45, 7) is 9.73. The minimum absolute atomic E-state index is 0.119. The van der Waals surface area contributed by atoms with Crippen LogP contribution in [-0.4, -0.2) is 68.3 Å². The molecule has 9 heteroatoms. The molecule has 1 amide bonds. The van der Waals surface area contributed by atoms with Crippen LogP contribution in [0.2, 0.25) is 0 Å². The molecule has 5 rings (SSSR count). The van der Waals surface area contributed by atoms with Crippen molar-refractivity contribution in [3.63, 3.8) is 0 Å². The number of morpholine rings is 1. The van der Waals surface area contributed by atoms with Crippen LogP contribution in [0.25, 0.3) is 11.0 Å². The monoisotopic (exact) mass is 612 g/mol. The SMILES string of the molecule is CCCCCOc1ccc(C2c3c(oc4ccc(Br)cc4c3=O)C(=O)N2CCCN2CCOCC2)cc1OCC. The van der Waals surface area contributed by atoms with E-state index in [1.165, 1.54) is 0 Å². The summed E-state index contributed by atoms with van der Waals surface area (Å²) in [5.41, 5.74) is 1.38. The van der Waals surface area contributed by atoms with Gasteiger partial charge in [-0.3, -0.25) is 14.5 Å². The number of carbonyl (C=O) groups excluding carboxylic acids is 1. The molecule has 3 aromatic rings. The number of hydrogen-bond donors (Lipinski definition) is 0. The lowest BCUT2D eigenvalue weighted by atomic mass is 9.98. The van der Waals surface area contributed by atoms with E-state index >= 15 is 0 Å². The number of fused-ring (bicyclic) bond motifs is 2. The first-order valence-electron chi connectivity index (χ1n) is 14.3. The van der Waals surface area contributed by atoms with Crippen molar-refractivity contribution in [3.8, 4) is 11.5 Å². The normalized spacial score (nSPS) is 17.4. The van der Waals surface area contributed by atoms with Crippen LogP contribution >= 0.6 is 15.9 Å². The fourth-order valence-electron chi connectivity index (χ4n) is 5.48. The van der Waals surface area contributed by atoms with Crippen molar-refractivity contribution < 1.29 is 23.4 Å². The molecule has 2 aromatic carbocycles. The zero-order chi connectivity index (χ0) is 28.1. The van der Waals surface area contributed by atoms with Crippen molar-refractivity contribution in [2.45, 2.75) is 45.6 Å². The van der Waals surface area contributed by atoms with E-state index in [1.807, 2.05) is 31.2 Å². The van der Waals surface area contributed by atoms with Crippen LogP contribution in [0.4, 0.5) is 0 Å². The summed E-state index contributed by atoms with van der Waals surface area (Å²) in [7, 11) is 0. The fourth-order valence-corrected chi connectivity index (χ4v) is 5.84. The molecule has 2 aliphatic rings. The third-order valence-corrected chi connectivity index (χ3v) is 7.99. The Hall–Kier alpha value is -2.88. The molecule has 1 aromatic heterocycles. The van der Waals surface area contributed by atoms with E-state index < -0.39 is 6.04 Å². The van der Waals surface area contributed by atoms with E-state index in [4.69, 9.17) is 18.6 Å². The van der Waals surface area contributed by atoms with Gasteiger partial charge in [0.05, 0.1) is 43.4 Å². The number of benzene rings is 2. The maximum atomic E-state index is 13.9. The number of rotatable bonds is 12. The number of hydrogen-bond acceptors (Lipinski definition) is 7. The van der Waals surface area contributed by atoms with Gasteiger partial charge in [-0.15, -0.1) is 0 Å². The molecule has 2 aliphatic heterocycles. The van der Waals surface area contributed by atoms with E-state index in [2.05, 4.69) is 27.8 Å². The van der Waals surface area contributed by atoms with Crippen LogP contribution in [0.1, 0.15) is 67.3 Å². The van der Waals surface area contributed by atoms with Crippen molar-refractivity contribution >= 4 is 32.8 Å². The Kier molecular flexibility index (Phi) is 9.44. The maximum absolute atomic E-state index is 13.9. The number of unbranched alkanes of at least 4 members (excludes halogenated alkanes) is 2. The van der Waals surface area contributed by atoms with E-state index in [-0.39, 0.29) is 17.1 Å². The zero-order valence-electron chi connectivity index (χ0n) is 23.2. The molecular weight excluding hydrogens is 576 g/mol. The second-order valence-corrected chi connectivity index (χ2v) is 11.1. The van der Waals surface area contributed by atoms with Crippen LogP contribution < -0.4 is 14.9 Å². The Balaban J connectivity index is 1.52. The first-order valence-corrected chi connectivity index (χ1v) is 15.1. The first-order chi connectivity index (χ1) is 19.5. The number of amides is 1. The predicted molar refractivity (Wildman–Crippen MR) is 158 cm³/mol. The topological polar surface area (TPSA) is 81.5 Å². The highest BCUT2D eigenvalue weighted by Gasteiger charge is 2.42. The summed E-state index contributed by atoms with van der Waals surface area (Å²) in [6.07, 6.45) is 3.95. The molecule has 0 spiro atoms. The highest BCUT2D eigenvalue weighted by molar-refractivity contribution is 9.10. The largest absolute Gasteiger partial charge is 0.490 e. The summed E-state index contributed by atoms with van der Waals surface area (Å²) in [5, 5.41) is 0.446. The predicted octanol–water partition coefficient (Wildman–Crippen LogP) is 5.79. The molecule has 1 atom stereocenters. The van der Waals surface area contributed by atoms with Crippen LogP contribution in [0.15, 0.2) is 50.1 Å². The number of carbonyl (C=O) groups is 1. The van der Waals surface area contributed by atoms with Gasteiger partial charge >= 0.3 is 0 Å².